The molecule has 0 aromatic carbocycles. The fraction of sp³-hybridized carbons (Fsp3) is 0.741. The van der Waals surface area contributed by atoms with E-state index in [1.54, 1.807) is 12.0 Å². The first kappa shape index (κ1) is 29.1. The Morgan fingerprint density at radius 3 is 2.92 bits per heavy atom. The number of rotatable bonds is 16. The van der Waals surface area contributed by atoms with Crippen molar-refractivity contribution in [3.05, 3.63) is 23.4 Å². The number of carbonyl (C=O) groups excluding carboxylic acids is 1. The minimum Gasteiger partial charge on any atom is -0.480 e. The minimum absolute atomic E-state index is 0.00234. The lowest BCUT2D eigenvalue weighted by atomic mass is 10.1. The molecule has 2 aliphatic rings. The second-order valence-corrected chi connectivity index (χ2v) is 9.91. The number of ether oxygens (including phenoxy) is 2. The molecule has 0 aliphatic carbocycles. The summed E-state index contributed by atoms with van der Waals surface area (Å²) in [6.07, 6.45) is 7.28. The number of aryl methyl sites for hydroxylation is 2. The molecule has 1 aromatic heterocycles. The Hall–Kier alpha value is -2.43. The van der Waals surface area contributed by atoms with Gasteiger partial charge in [-0.25, -0.2) is 14.6 Å². The van der Waals surface area contributed by atoms with E-state index in [-0.39, 0.29) is 12.1 Å². The molecule has 0 radical (unpaired) electrons. The van der Waals surface area contributed by atoms with E-state index < -0.39 is 12.0 Å². The highest BCUT2D eigenvalue weighted by Gasteiger charge is 2.31. The highest BCUT2D eigenvalue weighted by Crippen LogP contribution is 2.20. The van der Waals surface area contributed by atoms with Crippen LogP contribution in [0.1, 0.15) is 56.7 Å². The summed E-state index contributed by atoms with van der Waals surface area (Å²) in [5.74, 6) is 0.0269. The highest BCUT2D eigenvalue weighted by molar-refractivity contribution is 5.82. The average molecular weight is 520 g/mol. The van der Waals surface area contributed by atoms with E-state index in [4.69, 9.17) is 14.5 Å². The molecule has 0 spiro atoms. The predicted molar refractivity (Wildman–Crippen MR) is 143 cm³/mol. The van der Waals surface area contributed by atoms with Crippen molar-refractivity contribution in [3.8, 4) is 0 Å². The van der Waals surface area contributed by atoms with Gasteiger partial charge in [0.1, 0.15) is 11.9 Å². The summed E-state index contributed by atoms with van der Waals surface area (Å²) in [6.45, 7) is 7.46. The van der Waals surface area contributed by atoms with Crippen molar-refractivity contribution < 1.29 is 24.2 Å². The number of amides is 2. The maximum atomic E-state index is 12.8. The third-order valence-corrected chi connectivity index (χ3v) is 7.19. The second-order valence-electron chi connectivity index (χ2n) is 9.91. The Kier molecular flexibility index (Phi) is 12.4. The smallest absolute Gasteiger partial charge is 0.326 e. The van der Waals surface area contributed by atoms with Crippen molar-refractivity contribution in [1.82, 2.24) is 20.1 Å². The van der Waals surface area contributed by atoms with Gasteiger partial charge in [0.05, 0.1) is 19.3 Å². The number of unbranched alkanes of at least 4 members (excludes halogenated alkanes) is 1. The summed E-state index contributed by atoms with van der Waals surface area (Å²) in [7, 11) is 1.62. The molecular weight excluding hydrogens is 474 g/mol. The van der Waals surface area contributed by atoms with E-state index in [9.17, 15) is 14.7 Å². The van der Waals surface area contributed by atoms with Crippen LogP contribution in [-0.2, 0) is 27.1 Å². The number of carboxylic acids is 1. The van der Waals surface area contributed by atoms with Crippen LogP contribution in [0.25, 0.3) is 0 Å². The second kappa shape index (κ2) is 15.7. The number of methoxy groups -OCH3 is 1. The number of likely N-dealkylation sites (tertiary alicyclic amines) is 1. The van der Waals surface area contributed by atoms with E-state index >= 15 is 0 Å². The quantitative estimate of drug-likeness (QED) is 0.286. The van der Waals surface area contributed by atoms with Crippen molar-refractivity contribution >= 4 is 17.8 Å². The summed E-state index contributed by atoms with van der Waals surface area (Å²) in [5.41, 5.74) is 2.41. The van der Waals surface area contributed by atoms with E-state index in [1.165, 1.54) is 5.56 Å². The standard InChI is InChI=1S/C27H45N5O5/c1-3-37-19-18-31(15-5-4-9-22-12-11-21-8-6-14-28-25(21)29-22)17-13-24(26(33)34)30-27(35)32-16-7-10-23(32)20-36-2/h11-12,23-24H,3-10,13-20H2,1-2H3,(H,28,29)(H,30,35)(H,33,34)/t23-,24-/m0/s1. The maximum absolute atomic E-state index is 12.8. The zero-order chi connectivity index (χ0) is 26.5. The van der Waals surface area contributed by atoms with Crippen LogP contribution in [0.2, 0.25) is 0 Å². The number of urea groups is 1. The Bertz CT molecular complexity index is 854. The lowest BCUT2D eigenvalue weighted by Crippen LogP contribution is -2.51. The number of hydrogen-bond acceptors (Lipinski definition) is 7. The number of fused-ring (bicyclic) bond motifs is 1. The van der Waals surface area contributed by atoms with Crippen LogP contribution in [0.3, 0.4) is 0 Å². The van der Waals surface area contributed by atoms with Gasteiger partial charge < -0.3 is 35.0 Å². The van der Waals surface area contributed by atoms with Gasteiger partial charge in [-0.15, -0.1) is 0 Å². The van der Waals surface area contributed by atoms with Crippen molar-refractivity contribution in [2.75, 3.05) is 65.0 Å². The van der Waals surface area contributed by atoms with E-state index in [0.29, 0.717) is 39.3 Å². The van der Waals surface area contributed by atoms with Gasteiger partial charge >= 0.3 is 12.0 Å². The normalized spacial score (nSPS) is 17.9. The molecule has 3 rings (SSSR count). The summed E-state index contributed by atoms with van der Waals surface area (Å²) in [4.78, 5) is 33.5. The van der Waals surface area contributed by atoms with Gasteiger partial charge in [0.2, 0.25) is 0 Å². The van der Waals surface area contributed by atoms with E-state index in [0.717, 1.165) is 76.1 Å². The lowest BCUT2D eigenvalue weighted by molar-refractivity contribution is -0.139. The first-order valence-corrected chi connectivity index (χ1v) is 13.8. The van der Waals surface area contributed by atoms with Gasteiger partial charge in [-0.1, -0.05) is 6.07 Å². The fourth-order valence-electron chi connectivity index (χ4n) is 5.09. The van der Waals surface area contributed by atoms with Crippen molar-refractivity contribution in [2.24, 2.45) is 0 Å². The minimum atomic E-state index is -1.01. The molecule has 3 N–H and O–H groups in total. The molecule has 0 saturated carbocycles. The summed E-state index contributed by atoms with van der Waals surface area (Å²) >= 11 is 0. The van der Waals surface area contributed by atoms with Crippen LogP contribution in [0.4, 0.5) is 10.6 Å². The Balaban J connectivity index is 1.46. The van der Waals surface area contributed by atoms with Crippen LogP contribution < -0.4 is 10.6 Å². The predicted octanol–water partition coefficient (Wildman–Crippen LogP) is 2.76. The zero-order valence-electron chi connectivity index (χ0n) is 22.5. The zero-order valence-corrected chi connectivity index (χ0v) is 22.5. The third kappa shape index (κ3) is 9.43. The topological polar surface area (TPSA) is 116 Å². The van der Waals surface area contributed by atoms with Gasteiger partial charge in [0.15, 0.2) is 0 Å². The fourth-order valence-corrected chi connectivity index (χ4v) is 5.09. The average Bonchev–Trinajstić information content (AvgIpc) is 3.37. The molecule has 3 heterocycles. The molecule has 0 unspecified atom stereocenters. The first-order valence-electron chi connectivity index (χ1n) is 13.8. The van der Waals surface area contributed by atoms with Crippen LogP contribution in [-0.4, -0.2) is 104 Å². The third-order valence-electron chi connectivity index (χ3n) is 7.19. The van der Waals surface area contributed by atoms with Crippen LogP contribution in [0.15, 0.2) is 12.1 Å². The Labute approximate surface area is 221 Å². The van der Waals surface area contributed by atoms with E-state index in [1.807, 2.05) is 6.92 Å². The molecule has 2 amide bonds. The Morgan fingerprint density at radius 2 is 2.14 bits per heavy atom. The Morgan fingerprint density at radius 1 is 1.27 bits per heavy atom. The summed E-state index contributed by atoms with van der Waals surface area (Å²) in [5, 5.41) is 15.9. The van der Waals surface area contributed by atoms with Crippen LogP contribution >= 0.6 is 0 Å². The van der Waals surface area contributed by atoms with Gasteiger partial charge in [-0.05, 0) is 76.5 Å². The molecule has 2 aliphatic heterocycles. The molecule has 10 nitrogen and oxygen atoms in total. The van der Waals surface area contributed by atoms with Gasteiger partial charge in [-0.3, -0.25) is 0 Å². The number of nitrogens with zero attached hydrogens (tertiary/aromatic N) is 3. The molecule has 1 fully saturated rings. The molecule has 37 heavy (non-hydrogen) atoms. The van der Waals surface area contributed by atoms with Gasteiger partial charge in [-0.2, -0.15) is 0 Å². The molecule has 10 heteroatoms. The SMILES string of the molecule is CCOCCN(CCCCc1ccc2c(n1)NCCC2)CC[C@H](NC(=O)N1CCC[C@H]1COC)C(=O)O. The summed E-state index contributed by atoms with van der Waals surface area (Å²) < 4.78 is 10.8. The van der Waals surface area contributed by atoms with Gasteiger partial charge in [0.25, 0.3) is 0 Å². The number of carboxylic acid groups (broad SMARTS) is 1. The maximum Gasteiger partial charge on any atom is 0.326 e. The number of hydrogen-bond donors (Lipinski definition) is 3. The molecule has 208 valence electrons. The van der Waals surface area contributed by atoms with Crippen LogP contribution in [0, 0.1) is 0 Å². The highest BCUT2D eigenvalue weighted by atomic mass is 16.5. The number of aliphatic carboxylic acids is 1. The van der Waals surface area contributed by atoms with Crippen molar-refractivity contribution in [2.45, 2.75) is 70.4 Å². The number of aromatic nitrogens is 1. The van der Waals surface area contributed by atoms with E-state index in [2.05, 4.69) is 27.7 Å². The number of nitrogens with one attached hydrogen (secondary N) is 2. The van der Waals surface area contributed by atoms with Crippen molar-refractivity contribution in [1.29, 1.82) is 0 Å². The lowest BCUT2D eigenvalue weighted by Gasteiger charge is -2.28. The molecule has 1 aromatic rings. The number of anilines is 1. The molecule has 2 atom stereocenters. The van der Waals surface area contributed by atoms with Crippen LogP contribution in [0.5, 0.6) is 0 Å². The summed E-state index contributed by atoms with van der Waals surface area (Å²) in [6, 6.07) is 3.08. The van der Waals surface area contributed by atoms with Gasteiger partial charge in [0, 0.05) is 45.6 Å². The molecular formula is C27H45N5O5. The molecule has 0 bridgehead atoms. The number of pyridine rings is 1. The molecule has 1 saturated heterocycles. The monoisotopic (exact) mass is 519 g/mol. The number of carbonyl (C=O) groups is 2. The van der Waals surface area contributed by atoms with Crippen molar-refractivity contribution in [3.63, 3.8) is 0 Å². The largest absolute Gasteiger partial charge is 0.480 e. The first-order chi connectivity index (χ1) is 18.0.